The molecule has 1 unspecified atom stereocenters. The van der Waals surface area contributed by atoms with Crippen LogP contribution in [0.5, 0.6) is 11.5 Å². The third kappa shape index (κ3) is 4.69. The van der Waals surface area contributed by atoms with E-state index in [4.69, 9.17) is 25.8 Å². The van der Waals surface area contributed by atoms with Crippen molar-refractivity contribution in [2.45, 2.75) is 6.04 Å². The first kappa shape index (κ1) is 19.4. The summed E-state index contributed by atoms with van der Waals surface area (Å²) in [7, 11) is 3.17. The summed E-state index contributed by atoms with van der Waals surface area (Å²) in [6, 6.07) is 12.6. The average Bonchev–Trinajstić information content (AvgIpc) is 2.72. The van der Waals surface area contributed by atoms with Crippen LogP contribution in [0.2, 0.25) is 5.02 Å². The van der Waals surface area contributed by atoms with E-state index < -0.39 is 0 Å². The Morgan fingerprint density at radius 1 is 1.11 bits per heavy atom. The molecular formula is C21H22ClNO4. The molecule has 1 N–H and O–H groups in total. The number of ether oxygens (including phenoxy) is 3. The fraction of sp³-hybridized carbons (Fsp3) is 0.286. The number of carbonyl (C=O) groups excluding carboxylic acids is 1. The minimum atomic E-state index is -0.346. The Hall–Kier alpha value is -2.34. The molecule has 6 heteroatoms. The summed E-state index contributed by atoms with van der Waals surface area (Å²) >= 11 is 6.03. The molecule has 0 bridgehead atoms. The monoisotopic (exact) mass is 387 g/mol. The molecule has 27 heavy (non-hydrogen) atoms. The van der Waals surface area contributed by atoms with Crippen molar-refractivity contribution in [2.75, 3.05) is 34.0 Å². The highest BCUT2D eigenvalue weighted by Crippen LogP contribution is 2.33. The Kier molecular flexibility index (Phi) is 6.50. The highest BCUT2D eigenvalue weighted by atomic mass is 35.5. The lowest BCUT2D eigenvalue weighted by molar-refractivity contribution is -0.119. The molecule has 2 aromatic rings. The maximum absolute atomic E-state index is 12.8. The van der Waals surface area contributed by atoms with Gasteiger partial charge >= 0.3 is 0 Å². The summed E-state index contributed by atoms with van der Waals surface area (Å²) in [6.07, 6.45) is 1.65. The first-order valence-corrected chi connectivity index (χ1v) is 9.05. The van der Waals surface area contributed by atoms with E-state index in [1.165, 1.54) is 0 Å². The van der Waals surface area contributed by atoms with E-state index >= 15 is 0 Å². The van der Waals surface area contributed by atoms with Crippen LogP contribution in [0.25, 0.3) is 5.57 Å². The zero-order chi connectivity index (χ0) is 19.2. The van der Waals surface area contributed by atoms with Crippen molar-refractivity contribution in [2.24, 2.45) is 0 Å². The third-order valence-electron chi connectivity index (χ3n) is 4.40. The fourth-order valence-corrected chi connectivity index (χ4v) is 3.08. The Morgan fingerprint density at radius 3 is 2.44 bits per heavy atom. The number of benzene rings is 2. The predicted molar refractivity (Wildman–Crippen MR) is 106 cm³/mol. The summed E-state index contributed by atoms with van der Waals surface area (Å²) in [6.45, 7) is 1.65. The predicted octanol–water partition coefficient (Wildman–Crippen LogP) is 3.35. The number of carbonyl (C=O) groups is 1. The van der Waals surface area contributed by atoms with Crippen molar-refractivity contribution in [3.8, 4) is 11.5 Å². The van der Waals surface area contributed by atoms with Gasteiger partial charge in [0.1, 0.15) is 0 Å². The van der Waals surface area contributed by atoms with Crippen LogP contribution in [0.15, 0.2) is 48.5 Å². The smallest absolute Gasteiger partial charge is 0.175 e. The van der Waals surface area contributed by atoms with Crippen LogP contribution in [0, 0.1) is 0 Å². The molecule has 0 spiro atoms. The molecule has 3 rings (SSSR count). The van der Waals surface area contributed by atoms with Gasteiger partial charge in [0.15, 0.2) is 17.3 Å². The first-order chi connectivity index (χ1) is 13.1. The fourth-order valence-electron chi connectivity index (χ4n) is 2.96. The molecule has 0 radical (unpaired) electrons. The van der Waals surface area contributed by atoms with Gasteiger partial charge in [-0.15, -0.1) is 0 Å². The molecule has 0 aromatic heterocycles. The number of methoxy groups -OCH3 is 2. The van der Waals surface area contributed by atoms with Crippen molar-refractivity contribution in [3.63, 3.8) is 0 Å². The van der Waals surface area contributed by atoms with Gasteiger partial charge in [0.05, 0.1) is 33.5 Å². The quantitative estimate of drug-likeness (QED) is 0.770. The van der Waals surface area contributed by atoms with Gasteiger partial charge in [-0.2, -0.15) is 0 Å². The maximum Gasteiger partial charge on any atom is 0.175 e. The van der Waals surface area contributed by atoms with E-state index in [0.717, 1.165) is 16.7 Å². The molecule has 2 aromatic carbocycles. The molecule has 1 fully saturated rings. The summed E-state index contributed by atoms with van der Waals surface area (Å²) in [5.41, 5.74) is 2.52. The SMILES string of the molecule is COc1ccc(/C(=C/C(=O)C2COCCN2)c2ccc(Cl)cc2)cc1OC. The van der Waals surface area contributed by atoms with E-state index in [9.17, 15) is 4.79 Å². The summed E-state index contributed by atoms with van der Waals surface area (Å²) in [5, 5.41) is 3.83. The molecule has 0 amide bonds. The molecule has 1 aliphatic heterocycles. The minimum Gasteiger partial charge on any atom is -0.493 e. The zero-order valence-electron chi connectivity index (χ0n) is 15.3. The Bertz CT molecular complexity index is 827. The average molecular weight is 388 g/mol. The van der Waals surface area contributed by atoms with E-state index in [1.807, 2.05) is 30.3 Å². The molecule has 1 heterocycles. The second-order valence-electron chi connectivity index (χ2n) is 6.12. The van der Waals surface area contributed by atoms with Crippen molar-refractivity contribution < 1.29 is 19.0 Å². The van der Waals surface area contributed by atoms with Gasteiger partial charge in [0.2, 0.25) is 0 Å². The highest BCUT2D eigenvalue weighted by Gasteiger charge is 2.21. The summed E-state index contributed by atoms with van der Waals surface area (Å²) in [4.78, 5) is 12.8. The number of halogens is 1. The lowest BCUT2D eigenvalue weighted by atomic mass is 9.95. The van der Waals surface area contributed by atoms with Crippen LogP contribution in [0.3, 0.4) is 0 Å². The van der Waals surface area contributed by atoms with Crippen LogP contribution in [0.1, 0.15) is 11.1 Å². The second-order valence-corrected chi connectivity index (χ2v) is 6.56. The van der Waals surface area contributed by atoms with Gasteiger partial charge < -0.3 is 19.5 Å². The van der Waals surface area contributed by atoms with Crippen LogP contribution >= 0.6 is 11.6 Å². The topological polar surface area (TPSA) is 56.8 Å². The molecule has 0 aliphatic carbocycles. The van der Waals surface area contributed by atoms with E-state index in [-0.39, 0.29) is 11.8 Å². The molecule has 1 aliphatic rings. The van der Waals surface area contributed by atoms with Gasteiger partial charge in [0.25, 0.3) is 0 Å². The molecular weight excluding hydrogens is 366 g/mol. The van der Waals surface area contributed by atoms with Gasteiger partial charge in [-0.25, -0.2) is 0 Å². The van der Waals surface area contributed by atoms with E-state index in [2.05, 4.69) is 5.32 Å². The van der Waals surface area contributed by atoms with Gasteiger partial charge in [0, 0.05) is 11.6 Å². The number of hydrogen-bond acceptors (Lipinski definition) is 5. The summed E-state index contributed by atoms with van der Waals surface area (Å²) in [5.74, 6) is 1.20. The number of ketones is 1. The number of rotatable bonds is 6. The molecule has 5 nitrogen and oxygen atoms in total. The highest BCUT2D eigenvalue weighted by molar-refractivity contribution is 6.30. The lowest BCUT2D eigenvalue weighted by Gasteiger charge is -2.22. The number of nitrogens with one attached hydrogen (secondary N) is 1. The second kappa shape index (κ2) is 9.04. The van der Waals surface area contributed by atoms with Crippen LogP contribution < -0.4 is 14.8 Å². The van der Waals surface area contributed by atoms with E-state index in [1.54, 1.807) is 32.4 Å². The van der Waals surface area contributed by atoms with Crippen molar-refractivity contribution in [3.05, 3.63) is 64.7 Å². The Morgan fingerprint density at radius 2 is 1.81 bits per heavy atom. The number of morpholine rings is 1. The van der Waals surface area contributed by atoms with Crippen molar-refractivity contribution in [1.29, 1.82) is 0 Å². The normalized spacial score (nSPS) is 17.4. The zero-order valence-corrected chi connectivity index (χ0v) is 16.1. The molecule has 142 valence electrons. The largest absolute Gasteiger partial charge is 0.493 e. The van der Waals surface area contributed by atoms with Gasteiger partial charge in [-0.1, -0.05) is 29.8 Å². The Balaban J connectivity index is 2.03. The molecule has 1 saturated heterocycles. The standard InChI is InChI=1S/C21H22ClNO4/c1-25-20-8-5-15(11-21(20)26-2)17(14-3-6-16(22)7-4-14)12-19(24)18-13-27-10-9-23-18/h3-8,11-12,18,23H,9-10,13H2,1-2H3/b17-12+. The van der Waals surface area contributed by atoms with Crippen LogP contribution in [0.4, 0.5) is 0 Å². The third-order valence-corrected chi connectivity index (χ3v) is 4.65. The lowest BCUT2D eigenvalue weighted by Crippen LogP contribution is -2.45. The van der Waals surface area contributed by atoms with Gasteiger partial charge in [-0.05, 0) is 47.0 Å². The van der Waals surface area contributed by atoms with Crippen molar-refractivity contribution >= 4 is 23.0 Å². The maximum atomic E-state index is 12.8. The first-order valence-electron chi connectivity index (χ1n) is 8.67. The van der Waals surface area contributed by atoms with E-state index in [0.29, 0.717) is 36.3 Å². The van der Waals surface area contributed by atoms with Crippen molar-refractivity contribution in [1.82, 2.24) is 5.32 Å². The summed E-state index contributed by atoms with van der Waals surface area (Å²) < 4.78 is 16.1. The molecule has 1 atom stereocenters. The minimum absolute atomic E-state index is 0.0329. The Labute approximate surface area is 163 Å². The van der Waals surface area contributed by atoms with Crippen LogP contribution in [-0.4, -0.2) is 45.8 Å². The molecule has 0 saturated carbocycles. The van der Waals surface area contributed by atoms with Gasteiger partial charge in [-0.3, -0.25) is 4.79 Å². The van der Waals surface area contributed by atoms with Crippen LogP contribution in [-0.2, 0) is 9.53 Å². The number of hydrogen-bond donors (Lipinski definition) is 1.